The minimum atomic E-state index is -3.69. The molecule has 0 bridgehead atoms. The predicted molar refractivity (Wildman–Crippen MR) is 86.9 cm³/mol. The van der Waals surface area contributed by atoms with Gasteiger partial charge in [-0.2, -0.15) is 4.31 Å². The molecule has 128 valence electrons. The number of hydrogen-bond acceptors (Lipinski definition) is 3. The van der Waals surface area contributed by atoms with Crippen molar-refractivity contribution in [3.05, 3.63) is 65.7 Å². The van der Waals surface area contributed by atoms with Gasteiger partial charge in [0.2, 0.25) is 10.0 Å². The molecule has 1 aliphatic rings. The van der Waals surface area contributed by atoms with Gasteiger partial charge in [0.25, 0.3) is 0 Å². The van der Waals surface area contributed by atoms with Gasteiger partial charge in [-0.25, -0.2) is 17.2 Å². The van der Waals surface area contributed by atoms with Gasteiger partial charge in [0.1, 0.15) is 11.6 Å². The summed E-state index contributed by atoms with van der Waals surface area (Å²) in [6, 6.07) is 10.8. The summed E-state index contributed by atoms with van der Waals surface area (Å²) in [4.78, 5) is 2.12. The summed E-state index contributed by atoms with van der Waals surface area (Å²) in [5, 5.41) is 0. The maximum absolute atomic E-state index is 13.1. The summed E-state index contributed by atoms with van der Waals surface area (Å²) in [7, 11) is -1.77. The molecule has 0 saturated carbocycles. The van der Waals surface area contributed by atoms with Crippen LogP contribution in [0.15, 0.2) is 53.4 Å². The molecule has 1 aliphatic heterocycles. The van der Waals surface area contributed by atoms with Crippen LogP contribution in [-0.4, -0.2) is 44.3 Å². The highest BCUT2D eigenvalue weighted by molar-refractivity contribution is 7.89. The molecule has 24 heavy (non-hydrogen) atoms. The highest BCUT2D eigenvalue weighted by atomic mass is 32.2. The van der Waals surface area contributed by atoms with Crippen molar-refractivity contribution in [1.82, 2.24) is 9.21 Å². The van der Waals surface area contributed by atoms with E-state index in [4.69, 9.17) is 0 Å². The van der Waals surface area contributed by atoms with E-state index in [-0.39, 0.29) is 23.3 Å². The fraction of sp³-hybridized carbons (Fsp3) is 0.294. The lowest BCUT2D eigenvalue weighted by Crippen LogP contribution is -2.48. The first-order chi connectivity index (χ1) is 11.4. The standard InChI is InChI=1S/C17H18F2N2O2S/c1-20-10-11-21(12-17(20)13-2-4-14(18)5-3-13)24(22,23)16-8-6-15(19)7-9-16/h2-9,17H,10-12H2,1H3. The molecule has 1 heterocycles. The third-order valence-corrected chi connectivity index (χ3v) is 6.20. The van der Waals surface area contributed by atoms with Crippen LogP contribution in [0.4, 0.5) is 8.78 Å². The summed E-state index contributed by atoms with van der Waals surface area (Å²) in [6.45, 7) is 1.18. The van der Waals surface area contributed by atoms with Crippen LogP contribution in [0.5, 0.6) is 0 Å². The monoisotopic (exact) mass is 352 g/mol. The Morgan fingerprint density at radius 3 is 2.04 bits per heavy atom. The third kappa shape index (κ3) is 3.33. The molecule has 0 radical (unpaired) electrons. The van der Waals surface area contributed by atoms with Gasteiger partial charge in [-0.15, -0.1) is 0 Å². The van der Waals surface area contributed by atoms with Crippen molar-refractivity contribution in [3.8, 4) is 0 Å². The minimum Gasteiger partial charge on any atom is -0.297 e. The maximum atomic E-state index is 13.1. The Kier molecular flexibility index (Phi) is 4.67. The van der Waals surface area contributed by atoms with Crippen LogP contribution < -0.4 is 0 Å². The highest BCUT2D eigenvalue weighted by Gasteiger charge is 2.33. The zero-order valence-electron chi connectivity index (χ0n) is 13.2. The summed E-state index contributed by atoms with van der Waals surface area (Å²) in [5.74, 6) is -0.801. The molecule has 1 atom stereocenters. The molecule has 1 fully saturated rings. The Bertz CT molecular complexity index is 807. The number of sulfonamides is 1. The molecule has 2 aromatic carbocycles. The zero-order valence-corrected chi connectivity index (χ0v) is 14.0. The van der Waals surface area contributed by atoms with E-state index in [1.54, 1.807) is 12.1 Å². The summed E-state index contributed by atoms with van der Waals surface area (Å²) >= 11 is 0. The van der Waals surface area contributed by atoms with Gasteiger partial charge in [-0.3, -0.25) is 4.90 Å². The second kappa shape index (κ2) is 6.58. The zero-order chi connectivity index (χ0) is 17.3. The van der Waals surface area contributed by atoms with E-state index in [1.165, 1.54) is 28.6 Å². The molecule has 7 heteroatoms. The molecule has 0 aliphatic carbocycles. The quantitative estimate of drug-likeness (QED) is 0.853. The van der Waals surface area contributed by atoms with Crippen LogP contribution in [0.2, 0.25) is 0 Å². The SMILES string of the molecule is CN1CCN(S(=O)(=O)c2ccc(F)cc2)CC1c1ccc(F)cc1. The normalized spacial score (nSPS) is 20.2. The lowest BCUT2D eigenvalue weighted by molar-refractivity contribution is 0.148. The van der Waals surface area contributed by atoms with E-state index in [0.717, 1.165) is 17.7 Å². The predicted octanol–water partition coefficient (Wildman–Crippen LogP) is 2.64. The van der Waals surface area contributed by atoms with Crippen molar-refractivity contribution in [1.29, 1.82) is 0 Å². The van der Waals surface area contributed by atoms with E-state index in [1.807, 2.05) is 11.9 Å². The average molecular weight is 352 g/mol. The van der Waals surface area contributed by atoms with Crippen molar-refractivity contribution in [2.75, 3.05) is 26.7 Å². The molecular formula is C17H18F2N2O2S. The molecule has 4 nitrogen and oxygen atoms in total. The van der Waals surface area contributed by atoms with Crippen LogP contribution in [0.1, 0.15) is 11.6 Å². The first-order valence-electron chi connectivity index (χ1n) is 7.59. The number of likely N-dealkylation sites (N-methyl/N-ethyl adjacent to an activating group) is 1. The van der Waals surface area contributed by atoms with Crippen LogP contribution in [0.3, 0.4) is 0 Å². The van der Waals surface area contributed by atoms with Crippen LogP contribution in [0.25, 0.3) is 0 Å². The topological polar surface area (TPSA) is 40.6 Å². The Balaban J connectivity index is 1.87. The van der Waals surface area contributed by atoms with Gasteiger partial charge >= 0.3 is 0 Å². The number of hydrogen-bond donors (Lipinski definition) is 0. The van der Waals surface area contributed by atoms with Crippen molar-refractivity contribution in [2.45, 2.75) is 10.9 Å². The van der Waals surface area contributed by atoms with E-state index >= 15 is 0 Å². The summed E-state index contributed by atoms with van der Waals surface area (Å²) < 4.78 is 53.1. The van der Waals surface area contributed by atoms with Gasteiger partial charge in [-0.05, 0) is 49.0 Å². The van der Waals surface area contributed by atoms with Gasteiger partial charge in [0.05, 0.1) is 4.90 Å². The second-order valence-corrected chi connectivity index (χ2v) is 7.80. The van der Waals surface area contributed by atoms with Crippen molar-refractivity contribution in [3.63, 3.8) is 0 Å². The molecule has 0 spiro atoms. The smallest absolute Gasteiger partial charge is 0.243 e. The first-order valence-corrected chi connectivity index (χ1v) is 9.03. The van der Waals surface area contributed by atoms with Crippen molar-refractivity contribution >= 4 is 10.0 Å². The van der Waals surface area contributed by atoms with Crippen LogP contribution in [0, 0.1) is 11.6 Å². The van der Waals surface area contributed by atoms with E-state index < -0.39 is 15.8 Å². The Morgan fingerprint density at radius 2 is 1.46 bits per heavy atom. The maximum Gasteiger partial charge on any atom is 0.243 e. The number of nitrogens with zero attached hydrogens (tertiary/aromatic N) is 2. The lowest BCUT2D eigenvalue weighted by atomic mass is 10.0. The van der Waals surface area contributed by atoms with Crippen LogP contribution in [-0.2, 0) is 10.0 Å². The lowest BCUT2D eigenvalue weighted by Gasteiger charge is -2.39. The molecule has 3 rings (SSSR count). The second-order valence-electron chi connectivity index (χ2n) is 5.86. The molecule has 0 amide bonds. The number of benzene rings is 2. The van der Waals surface area contributed by atoms with Gasteiger partial charge in [0, 0.05) is 25.7 Å². The number of rotatable bonds is 3. The minimum absolute atomic E-state index is 0.0753. The Hall–Kier alpha value is -1.83. The number of piperazine rings is 1. The van der Waals surface area contributed by atoms with Gasteiger partial charge in [-0.1, -0.05) is 12.1 Å². The summed E-state index contributed by atoms with van der Waals surface area (Å²) in [5.41, 5.74) is 0.859. The first kappa shape index (κ1) is 17.0. The van der Waals surface area contributed by atoms with E-state index in [9.17, 15) is 17.2 Å². The molecule has 0 aromatic heterocycles. The average Bonchev–Trinajstić information content (AvgIpc) is 2.56. The highest BCUT2D eigenvalue weighted by Crippen LogP contribution is 2.28. The fourth-order valence-corrected chi connectivity index (χ4v) is 4.31. The summed E-state index contributed by atoms with van der Waals surface area (Å²) in [6.07, 6.45) is 0. The molecule has 2 aromatic rings. The molecule has 1 saturated heterocycles. The van der Waals surface area contributed by atoms with Gasteiger partial charge < -0.3 is 0 Å². The largest absolute Gasteiger partial charge is 0.297 e. The van der Waals surface area contributed by atoms with Crippen molar-refractivity contribution in [2.24, 2.45) is 0 Å². The number of halogens is 2. The van der Waals surface area contributed by atoms with E-state index in [0.29, 0.717) is 13.1 Å². The van der Waals surface area contributed by atoms with E-state index in [2.05, 4.69) is 0 Å². The Labute approximate surface area is 140 Å². The molecule has 0 N–H and O–H groups in total. The Morgan fingerprint density at radius 1 is 0.917 bits per heavy atom. The van der Waals surface area contributed by atoms with Crippen molar-refractivity contribution < 1.29 is 17.2 Å². The fourth-order valence-electron chi connectivity index (χ4n) is 2.87. The van der Waals surface area contributed by atoms with Crippen LogP contribution >= 0.6 is 0 Å². The molecule has 1 unspecified atom stereocenters. The third-order valence-electron chi connectivity index (χ3n) is 4.32. The van der Waals surface area contributed by atoms with Gasteiger partial charge in [0.15, 0.2) is 0 Å². The molecular weight excluding hydrogens is 334 g/mol.